The Hall–Kier alpha value is -2.04. The molecular weight excluding hydrogens is 360 g/mol. The van der Waals surface area contributed by atoms with E-state index in [9.17, 15) is 9.59 Å². The number of epoxide rings is 3. The molecule has 3 saturated heterocycles. The Morgan fingerprint density at radius 1 is 0.778 bits per heavy atom. The van der Waals surface area contributed by atoms with Crippen LogP contribution in [0.25, 0.3) is 0 Å². The van der Waals surface area contributed by atoms with Crippen molar-refractivity contribution in [3.63, 3.8) is 0 Å². The minimum Gasteiger partial charge on any atom is -0.459 e. The molecule has 0 aliphatic carbocycles. The van der Waals surface area contributed by atoms with Crippen molar-refractivity contribution >= 4 is 11.9 Å². The molecule has 9 heteroatoms. The molecule has 1 aromatic rings. The predicted molar refractivity (Wildman–Crippen MR) is 87.0 cm³/mol. The number of ether oxygens (including phenoxy) is 5. The molecule has 3 fully saturated rings. The van der Waals surface area contributed by atoms with Gasteiger partial charge in [-0.15, -0.1) is 0 Å². The van der Waals surface area contributed by atoms with Gasteiger partial charge in [0, 0.05) is 0 Å². The fourth-order valence-electron chi connectivity index (χ4n) is 2.24. The van der Waals surface area contributed by atoms with Gasteiger partial charge in [0.05, 0.1) is 30.9 Å². The van der Waals surface area contributed by atoms with E-state index in [0.717, 1.165) is 0 Å². The third-order valence-corrected chi connectivity index (χ3v) is 4.03. The van der Waals surface area contributed by atoms with Gasteiger partial charge in [0.2, 0.25) is 0 Å². The van der Waals surface area contributed by atoms with Crippen LogP contribution in [0.2, 0.25) is 0 Å². The van der Waals surface area contributed by atoms with Crippen molar-refractivity contribution in [2.75, 3.05) is 39.6 Å². The number of carbonyl (C=O) groups is 2. The van der Waals surface area contributed by atoms with Gasteiger partial charge in [-0.2, -0.15) is 0 Å². The standard InChI is InChI=1S/C18H20O9/c19-17(24-8-14-5-21-14)12-1-11(4-26-27-10-16-7-23-16)2-13(3-12)18(20)25-9-15-6-22-15/h1-3,14-16H,4-10H2. The van der Waals surface area contributed by atoms with Crippen LogP contribution in [0.5, 0.6) is 0 Å². The van der Waals surface area contributed by atoms with Crippen LogP contribution in [-0.2, 0) is 40.1 Å². The van der Waals surface area contributed by atoms with Crippen LogP contribution in [0.3, 0.4) is 0 Å². The van der Waals surface area contributed by atoms with Crippen LogP contribution in [0.4, 0.5) is 0 Å². The molecule has 3 heterocycles. The van der Waals surface area contributed by atoms with Crippen LogP contribution in [0.1, 0.15) is 26.3 Å². The largest absolute Gasteiger partial charge is 0.459 e. The number of benzene rings is 1. The molecule has 3 aliphatic rings. The first-order valence-corrected chi connectivity index (χ1v) is 8.75. The first-order chi connectivity index (χ1) is 13.2. The van der Waals surface area contributed by atoms with Crippen molar-refractivity contribution in [2.24, 2.45) is 0 Å². The summed E-state index contributed by atoms with van der Waals surface area (Å²) in [5.41, 5.74) is 1.05. The first-order valence-electron chi connectivity index (χ1n) is 8.75. The van der Waals surface area contributed by atoms with Gasteiger partial charge in [-0.05, 0) is 23.8 Å². The summed E-state index contributed by atoms with van der Waals surface area (Å²) in [4.78, 5) is 34.7. The Morgan fingerprint density at radius 2 is 1.26 bits per heavy atom. The van der Waals surface area contributed by atoms with Crippen LogP contribution >= 0.6 is 0 Å². The lowest BCUT2D eigenvalue weighted by atomic mass is 10.1. The predicted octanol–water partition coefficient (Wildman–Crippen LogP) is 0.645. The smallest absolute Gasteiger partial charge is 0.338 e. The third-order valence-electron chi connectivity index (χ3n) is 4.03. The molecule has 3 unspecified atom stereocenters. The van der Waals surface area contributed by atoms with E-state index >= 15 is 0 Å². The molecule has 0 spiro atoms. The highest BCUT2D eigenvalue weighted by molar-refractivity contribution is 5.95. The van der Waals surface area contributed by atoms with Crippen molar-refractivity contribution in [3.05, 3.63) is 34.9 Å². The summed E-state index contributed by atoms with van der Waals surface area (Å²) >= 11 is 0. The maximum Gasteiger partial charge on any atom is 0.338 e. The molecule has 0 N–H and O–H groups in total. The number of esters is 2. The van der Waals surface area contributed by atoms with E-state index in [-0.39, 0.29) is 49.3 Å². The molecule has 3 atom stereocenters. The minimum atomic E-state index is -0.542. The lowest BCUT2D eigenvalue weighted by Crippen LogP contribution is -2.14. The number of carbonyl (C=O) groups excluding carboxylic acids is 2. The molecule has 0 aromatic heterocycles. The molecule has 9 nitrogen and oxygen atoms in total. The van der Waals surface area contributed by atoms with Gasteiger partial charge in [0.25, 0.3) is 0 Å². The highest BCUT2D eigenvalue weighted by Gasteiger charge is 2.27. The Morgan fingerprint density at radius 3 is 1.74 bits per heavy atom. The zero-order valence-corrected chi connectivity index (χ0v) is 14.6. The van der Waals surface area contributed by atoms with Gasteiger partial charge in [-0.3, -0.25) is 0 Å². The summed E-state index contributed by atoms with van der Waals surface area (Å²) < 4.78 is 25.4. The molecule has 146 valence electrons. The second kappa shape index (κ2) is 8.32. The molecule has 0 saturated carbocycles. The van der Waals surface area contributed by atoms with E-state index in [1.54, 1.807) is 12.1 Å². The highest BCUT2D eigenvalue weighted by atomic mass is 17.2. The molecule has 0 amide bonds. The lowest BCUT2D eigenvalue weighted by molar-refractivity contribution is -0.305. The van der Waals surface area contributed by atoms with Crippen LogP contribution < -0.4 is 0 Å². The molecule has 1 aromatic carbocycles. The number of rotatable bonds is 11. The summed E-state index contributed by atoms with van der Waals surface area (Å²) in [6.45, 7) is 2.60. The van der Waals surface area contributed by atoms with Crippen molar-refractivity contribution in [2.45, 2.75) is 24.9 Å². The summed E-state index contributed by atoms with van der Waals surface area (Å²) in [5.74, 6) is -1.08. The average molecular weight is 380 g/mol. The van der Waals surface area contributed by atoms with Crippen molar-refractivity contribution < 1.29 is 43.0 Å². The van der Waals surface area contributed by atoms with Gasteiger partial charge in [-0.25, -0.2) is 19.4 Å². The Balaban J connectivity index is 1.39. The molecule has 4 rings (SSSR count). The summed E-state index contributed by atoms with van der Waals surface area (Å²) in [6.07, 6.45) is -0.00545. The van der Waals surface area contributed by atoms with Gasteiger partial charge in [-0.1, -0.05) is 0 Å². The van der Waals surface area contributed by atoms with E-state index in [2.05, 4.69) is 0 Å². The lowest BCUT2D eigenvalue weighted by Gasteiger charge is -2.10. The van der Waals surface area contributed by atoms with Gasteiger partial charge in [0.15, 0.2) is 0 Å². The number of hydrogen-bond acceptors (Lipinski definition) is 9. The monoisotopic (exact) mass is 380 g/mol. The maximum atomic E-state index is 12.3. The van der Waals surface area contributed by atoms with E-state index in [1.165, 1.54) is 6.07 Å². The van der Waals surface area contributed by atoms with E-state index in [1.807, 2.05) is 0 Å². The van der Waals surface area contributed by atoms with Crippen molar-refractivity contribution in [3.8, 4) is 0 Å². The first kappa shape index (κ1) is 18.3. The zero-order chi connectivity index (χ0) is 18.6. The molecule has 27 heavy (non-hydrogen) atoms. The third kappa shape index (κ3) is 5.98. The Kier molecular flexibility index (Phi) is 5.65. The molecular formula is C18H20O9. The normalized spacial score (nSPS) is 25.0. The second-order valence-corrected chi connectivity index (χ2v) is 6.53. The average Bonchev–Trinajstić information content (AvgIpc) is 3.54. The fraction of sp³-hybridized carbons (Fsp3) is 0.556. The van der Waals surface area contributed by atoms with Crippen LogP contribution in [-0.4, -0.2) is 69.9 Å². The zero-order valence-electron chi connectivity index (χ0n) is 14.6. The van der Waals surface area contributed by atoms with Gasteiger partial charge in [0.1, 0.15) is 44.7 Å². The topological polar surface area (TPSA) is 109 Å². The minimum absolute atomic E-state index is 0.0403. The van der Waals surface area contributed by atoms with Gasteiger partial charge >= 0.3 is 11.9 Å². The van der Waals surface area contributed by atoms with Crippen molar-refractivity contribution in [1.82, 2.24) is 0 Å². The summed E-state index contributed by atoms with van der Waals surface area (Å²) in [6, 6.07) is 4.62. The molecule has 0 radical (unpaired) electrons. The maximum absolute atomic E-state index is 12.3. The van der Waals surface area contributed by atoms with E-state index < -0.39 is 11.9 Å². The Bertz CT molecular complexity index is 646. The quantitative estimate of drug-likeness (QED) is 0.180. The van der Waals surface area contributed by atoms with Crippen LogP contribution in [0, 0.1) is 0 Å². The van der Waals surface area contributed by atoms with E-state index in [4.69, 9.17) is 33.5 Å². The van der Waals surface area contributed by atoms with Gasteiger partial charge < -0.3 is 23.7 Å². The second-order valence-electron chi connectivity index (χ2n) is 6.53. The summed E-state index contributed by atoms with van der Waals surface area (Å²) in [7, 11) is 0. The van der Waals surface area contributed by atoms with Crippen LogP contribution in [0.15, 0.2) is 18.2 Å². The fourth-order valence-corrected chi connectivity index (χ4v) is 2.24. The highest BCUT2D eigenvalue weighted by Crippen LogP contribution is 2.17. The number of hydrogen-bond donors (Lipinski definition) is 0. The Labute approximate surface area is 155 Å². The SMILES string of the molecule is O=C(OCC1CO1)c1cc(COOCC2CO2)cc(C(=O)OCC2CO2)c1. The summed E-state index contributed by atoms with van der Waals surface area (Å²) in [5, 5.41) is 0. The van der Waals surface area contributed by atoms with Crippen molar-refractivity contribution in [1.29, 1.82) is 0 Å². The van der Waals surface area contributed by atoms with E-state index in [0.29, 0.717) is 32.0 Å². The molecule has 3 aliphatic heterocycles. The molecule has 0 bridgehead atoms.